The number of benzene rings is 1. The van der Waals surface area contributed by atoms with E-state index >= 15 is 0 Å². The standard InChI is InChI=1S/C18H24N2O3/c1-12-15-8-14-9-18(23-12,19-17(21)22-2)16(15)20(11-14)10-13-6-4-3-5-7-13/h3-7,12,14-16H,8-11H2,1-2H3,(H,19,21). The molecular weight excluding hydrogens is 292 g/mol. The molecule has 5 heteroatoms. The minimum atomic E-state index is -0.590. The first-order valence-corrected chi connectivity index (χ1v) is 8.43. The maximum absolute atomic E-state index is 11.9. The van der Waals surface area contributed by atoms with E-state index in [1.807, 2.05) is 6.07 Å². The van der Waals surface area contributed by atoms with Crippen LogP contribution in [0.4, 0.5) is 4.79 Å². The molecule has 1 saturated carbocycles. The van der Waals surface area contributed by atoms with Crippen molar-refractivity contribution in [3.8, 4) is 0 Å². The molecule has 3 aliphatic heterocycles. The third-order valence-electron chi connectivity index (χ3n) is 5.69. The summed E-state index contributed by atoms with van der Waals surface area (Å²) in [6.45, 7) is 4.11. The average molecular weight is 316 g/mol. The number of nitrogens with zero attached hydrogens (tertiary/aromatic N) is 1. The molecule has 5 atom stereocenters. The highest BCUT2D eigenvalue weighted by atomic mass is 16.6. The predicted octanol–water partition coefficient (Wildman–Crippen LogP) is 2.37. The Morgan fingerprint density at radius 3 is 2.96 bits per heavy atom. The van der Waals surface area contributed by atoms with E-state index in [9.17, 15) is 4.79 Å². The summed E-state index contributed by atoms with van der Waals surface area (Å²) in [5, 5.41) is 3.03. The zero-order valence-electron chi connectivity index (χ0n) is 13.7. The number of rotatable bonds is 3. The minimum Gasteiger partial charge on any atom is -0.453 e. The molecule has 3 heterocycles. The number of hydrogen-bond acceptors (Lipinski definition) is 4. The van der Waals surface area contributed by atoms with Gasteiger partial charge in [0, 0.05) is 25.4 Å². The largest absolute Gasteiger partial charge is 0.453 e. The quantitative estimate of drug-likeness (QED) is 0.930. The number of alkyl carbamates (subject to hydrolysis) is 1. The number of amides is 1. The van der Waals surface area contributed by atoms with Gasteiger partial charge in [0.05, 0.1) is 19.3 Å². The number of hydrogen-bond donors (Lipinski definition) is 1. The van der Waals surface area contributed by atoms with Gasteiger partial charge in [0.2, 0.25) is 0 Å². The Balaban J connectivity index is 1.62. The van der Waals surface area contributed by atoms with E-state index in [4.69, 9.17) is 9.47 Å². The molecule has 1 amide bonds. The van der Waals surface area contributed by atoms with Crippen LogP contribution in [-0.2, 0) is 16.0 Å². The van der Waals surface area contributed by atoms with Crippen LogP contribution < -0.4 is 5.32 Å². The fourth-order valence-corrected chi connectivity index (χ4v) is 4.99. The van der Waals surface area contributed by atoms with Gasteiger partial charge in [-0.2, -0.15) is 0 Å². The van der Waals surface area contributed by atoms with Gasteiger partial charge in [-0.25, -0.2) is 4.79 Å². The smallest absolute Gasteiger partial charge is 0.409 e. The second-order valence-electron chi connectivity index (χ2n) is 7.16. The molecule has 4 aliphatic rings. The Morgan fingerprint density at radius 1 is 1.43 bits per heavy atom. The van der Waals surface area contributed by atoms with Crippen molar-refractivity contribution in [2.45, 2.75) is 44.2 Å². The second-order valence-corrected chi connectivity index (χ2v) is 7.16. The summed E-state index contributed by atoms with van der Waals surface area (Å²) < 4.78 is 11.1. The Kier molecular flexibility index (Phi) is 3.58. The Bertz CT molecular complexity index is 589. The summed E-state index contributed by atoms with van der Waals surface area (Å²) in [7, 11) is 1.41. The molecule has 5 rings (SSSR count). The van der Waals surface area contributed by atoms with Crippen LogP contribution in [-0.4, -0.2) is 42.5 Å². The summed E-state index contributed by atoms with van der Waals surface area (Å²) in [5.74, 6) is 1.04. The van der Waals surface area contributed by atoms with Crippen molar-refractivity contribution in [1.82, 2.24) is 10.2 Å². The first-order chi connectivity index (χ1) is 11.1. The highest BCUT2D eigenvalue weighted by Gasteiger charge is 2.64. The lowest BCUT2D eigenvalue weighted by molar-refractivity contribution is -0.131. The lowest BCUT2D eigenvalue weighted by atomic mass is 9.68. The van der Waals surface area contributed by atoms with Gasteiger partial charge in [0.15, 0.2) is 5.72 Å². The van der Waals surface area contributed by atoms with E-state index in [2.05, 4.69) is 41.4 Å². The maximum atomic E-state index is 11.9. The summed E-state index contributed by atoms with van der Waals surface area (Å²) >= 11 is 0. The SMILES string of the molecule is COC(=O)NC12CC3CC(C(C)O1)C2N(Cc1ccccc1)C3. The molecule has 1 N–H and O–H groups in total. The zero-order valence-corrected chi connectivity index (χ0v) is 13.7. The van der Waals surface area contributed by atoms with Crippen LogP contribution in [0.25, 0.3) is 0 Å². The van der Waals surface area contributed by atoms with Crippen LogP contribution in [0.15, 0.2) is 30.3 Å². The average Bonchev–Trinajstić information content (AvgIpc) is 2.74. The minimum absolute atomic E-state index is 0.167. The van der Waals surface area contributed by atoms with Crippen LogP contribution >= 0.6 is 0 Å². The molecule has 23 heavy (non-hydrogen) atoms. The second kappa shape index (κ2) is 5.49. The lowest BCUT2D eigenvalue weighted by Crippen LogP contribution is -2.69. The number of methoxy groups -OCH3 is 1. The molecule has 5 unspecified atom stereocenters. The molecule has 124 valence electrons. The third kappa shape index (κ3) is 2.42. The van der Waals surface area contributed by atoms with Gasteiger partial charge in [-0.05, 0) is 24.8 Å². The number of carbonyl (C=O) groups is 1. The number of piperidine rings is 2. The molecule has 4 fully saturated rings. The Labute approximate surface area is 136 Å². The highest BCUT2D eigenvalue weighted by Crippen LogP contribution is 2.53. The molecule has 1 aromatic carbocycles. The number of ether oxygens (including phenoxy) is 2. The van der Waals surface area contributed by atoms with Crippen molar-refractivity contribution in [1.29, 1.82) is 0 Å². The van der Waals surface area contributed by atoms with Gasteiger partial charge < -0.3 is 9.47 Å². The third-order valence-corrected chi connectivity index (χ3v) is 5.69. The van der Waals surface area contributed by atoms with Gasteiger partial charge in [0.25, 0.3) is 0 Å². The topological polar surface area (TPSA) is 50.8 Å². The van der Waals surface area contributed by atoms with Crippen molar-refractivity contribution in [3.63, 3.8) is 0 Å². The van der Waals surface area contributed by atoms with Gasteiger partial charge in [-0.15, -0.1) is 0 Å². The highest BCUT2D eigenvalue weighted by molar-refractivity contribution is 5.68. The van der Waals surface area contributed by atoms with Crippen LogP contribution in [0.3, 0.4) is 0 Å². The first-order valence-electron chi connectivity index (χ1n) is 8.43. The van der Waals surface area contributed by atoms with E-state index in [1.54, 1.807) is 0 Å². The molecule has 0 radical (unpaired) electrons. The zero-order chi connectivity index (χ0) is 16.0. The fourth-order valence-electron chi connectivity index (χ4n) is 4.99. The summed E-state index contributed by atoms with van der Waals surface area (Å²) in [4.78, 5) is 14.4. The Hall–Kier alpha value is -1.59. The van der Waals surface area contributed by atoms with E-state index in [1.165, 1.54) is 19.1 Å². The number of fused-ring (bicyclic) bond motifs is 1. The van der Waals surface area contributed by atoms with Crippen LogP contribution in [0.5, 0.6) is 0 Å². The predicted molar refractivity (Wildman–Crippen MR) is 85.7 cm³/mol. The van der Waals surface area contributed by atoms with Crippen molar-refractivity contribution in [2.24, 2.45) is 11.8 Å². The molecule has 1 aliphatic carbocycles. The van der Waals surface area contributed by atoms with Gasteiger partial charge in [-0.3, -0.25) is 10.2 Å². The molecule has 5 nitrogen and oxygen atoms in total. The maximum Gasteiger partial charge on any atom is 0.409 e. The van der Waals surface area contributed by atoms with Crippen molar-refractivity contribution < 1.29 is 14.3 Å². The first kappa shape index (κ1) is 15.0. The van der Waals surface area contributed by atoms with Gasteiger partial charge in [-0.1, -0.05) is 30.3 Å². The molecule has 4 bridgehead atoms. The number of carbonyl (C=O) groups excluding carboxylic acids is 1. The van der Waals surface area contributed by atoms with Gasteiger partial charge >= 0.3 is 6.09 Å². The molecule has 0 aromatic heterocycles. The van der Waals surface area contributed by atoms with E-state index in [-0.39, 0.29) is 12.1 Å². The van der Waals surface area contributed by atoms with Crippen molar-refractivity contribution in [3.05, 3.63) is 35.9 Å². The fraction of sp³-hybridized carbons (Fsp3) is 0.611. The normalized spacial score (nSPS) is 38.5. The number of nitrogens with one attached hydrogen (secondary N) is 1. The monoisotopic (exact) mass is 316 g/mol. The van der Waals surface area contributed by atoms with Crippen LogP contribution in [0.1, 0.15) is 25.3 Å². The molecule has 3 saturated heterocycles. The molecular formula is C18H24N2O3. The van der Waals surface area contributed by atoms with E-state index < -0.39 is 11.8 Å². The summed E-state index contributed by atoms with van der Waals surface area (Å²) in [5.41, 5.74) is 0.716. The Morgan fingerprint density at radius 2 is 2.22 bits per heavy atom. The van der Waals surface area contributed by atoms with Crippen molar-refractivity contribution >= 4 is 6.09 Å². The van der Waals surface area contributed by atoms with Crippen molar-refractivity contribution in [2.75, 3.05) is 13.7 Å². The lowest BCUT2D eigenvalue weighted by Gasteiger charge is -2.54. The van der Waals surface area contributed by atoms with Crippen LogP contribution in [0, 0.1) is 11.8 Å². The molecule has 1 aromatic rings. The van der Waals surface area contributed by atoms with E-state index in [0.29, 0.717) is 11.8 Å². The summed E-state index contributed by atoms with van der Waals surface area (Å²) in [6.07, 6.45) is 1.85. The summed E-state index contributed by atoms with van der Waals surface area (Å²) in [6, 6.07) is 10.7. The van der Waals surface area contributed by atoms with E-state index in [0.717, 1.165) is 19.5 Å². The molecule has 0 spiro atoms. The van der Waals surface area contributed by atoms with Gasteiger partial charge in [0.1, 0.15) is 0 Å². The van der Waals surface area contributed by atoms with Crippen LogP contribution in [0.2, 0.25) is 0 Å².